The highest BCUT2D eigenvalue weighted by Crippen LogP contribution is 2.41. The molecule has 1 fully saturated rings. The zero-order valence-electron chi connectivity index (χ0n) is 13.0. The minimum absolute atomic E-state index is 0.641. The van der Waals surface area contributed by atoms with Crippen molar-refractivity contribution in [2.24, 2.45) is 0 Å². The number of nitrogens with one attached hydrogen (secondary N) is 1. The van der Waals surface area contributed by atoms with E-state index in [4.69, 9.17) is 4.74 Å². The van der Waals surface area contributed by atoms with Crippen molar-refractivity contribution in [3.8, 4) is 5.75 Å². The van der Waals surface area contributed by atoms with Crippen LogP contribution in [-0.4, -0.2) is 13.2 Å². The maximum atomic E-state index is 5.46. The number of ether oxygens (including phenoxy) is 1. The average Bonchev–Trinajstić information content (AvgIpc) is 2.76. The standard InChI is InChI=1S/C18H23NOS/c1-12-8-16(21-13(12)2)11-19-15-9-14(10-15)17-6-4-5-7-18(17)20-3/h4-8,14-15,19H,9-11H2,1-3H3. The molecule has 1 aromatic heterocycles. The molecule has 3 heteroatoms. The molecule has 0 amide bonds. The van der Waals surface area contributed by atoms with E-state index in [0.717, 1.165) is 12.3 Å². The van der Waals surface area contributed by atoms with E-state index in [1.807, 2.05) is 17.4 Å². The van der Waals surface area contributed by atoms with E-state index >= 15 is 0 Å². The van der Waals surface area contributed by atoms with E-state index in [9.17, 15) is 0 Å². The first-order valence-electron chi connectivity index (χ1n) is 7.59. The Balaban J connectivity index is 1.52. The number of hydrogen-bond donors (Lipinski definition) is 1. The van der Waals surface area contributed by atoms with Gasteiger partial charge in [-0.1, -0.05) is 18.2 Å². The highest BCUT2D eigenvalue weighted by Gasteiger charge is 2.31. The van der Waals surface area contributed by atoms with Gasteiger partial charge in [0, 0.05) is 22.3 Å². The molecule has 0 saturated heterocycles. The van der Waals surface area contributed by atoms with E-state index in [1.165, 1.54) is 33.7 Å². The molecule has 1 heterocycles. The Labute approximate surface area is 131 Å². The Morgan fingerprint density at radius 2 is 2.00 bits per heavy atom. The zero-order valence-corrected chi connectivity index (χ0v) is 13.8. The molecule has 0 radical (unpaired) electrons. The molecular formula is C18H23NOS. The predicted octanol–water partition coefficient (Wildman–Crippen LogP) is 4.41. The van der Waals surface area contributed by atoms with Crippen LogP contribution in [0.4, 0.5) is 0 Å². The summed E-state index contributed by atoms with van der Waals surface area (Å²) in [5.74, 6) is 1.68. The largest absolute Gasteiger partial charge is 0.496 e. The smallest absolute Gasteiger partial charge is 0.122 e. The van der Waals surface area contributed by atoms with Gasteiger partial charge in [0.15, 0.2) is 0 Å². The van der Waals surface area contributed by atoms with Gasteiger partial charge in [0.05, 0.1) is 7.11 Å². The Hall–Kier alpha value is -1.32. The monoisotopic (exact) mass is 301 g/mol. The van der Waals surface area contributed by atoms with Crippen molar-refractivity contribution in [2.45, 2.75) is 45.2 Å². The summed E-state index contributed by atoms with van der Waals surface area (Å²) in [4.78, 5) is 2.89. The van der Waals surface area contributed by atoms with Crippen LogP contribution >= 0.6 is 11.3 Å². The van der Waals surface area contributed by atoms with Crippen LogP contribution < -0.4 is 10.1 Å². The SMILES string of the molecule is COc1ccccc1C1CC(NCc2cc(C)c(C)s2)C1. The van der Waals surface area contributed by atoms with Crippen LogP contribution in [0.5, 0.6) is 5.75 Å². The predicted molar refractivity (Wildman–Crippen MR) is 89.4 cm³/mol. The summed E-state index contributed by atoms with van der Waals surface area (Å²) in [6, 6.07) is 11.4. The van der Waals surface area contributed by atoms with Crippen molar-refractivity contribution in [1.29, 1.82) is 0 Å². The molecule has 2 aromatic rings. The molecule has 112 valence electrons. The second-order valence-electron chi connectivity index (χ2n) is 5.94. The second-order valence-corrected chi connectivity index (χ2v) is 7.28. The second kappa shape index (κ2) is 6.20. The topological polar surface area (TPSA) is 21.3 Å². The summed E-state index contributed by atoms with van der Waals surface area (Å²) < 4.78 is 5.46. The van der Waals surface area contributed by atoms with E-state index < -0.39 is 0 Å². The molecule has 1 aliphatic rings. The lowest BCUT2D eigenvalue weighted by molar-refractivity contribution is 0.282. The molecule has 1 saturated carbocycles. The van der Waals surface area contributed by atoms with Gasteiger partial charge >= 0.3 is 0 Å². The summed E-state index contributed by atoms with van der Waals surface area (Å²) in [7, 11) is 1.76. The average molecular weight is 301 g/mol. The van der Waals surface area contributed by atoms with Crippen molar-refractivity contribution in [1.82, 2.24) is 5.32 Å². The van der Waals surface area contributed by atoms with E-state index in [-0.39, 0.29) is 0 Å². The minimum atomic E-state index is 0.641. The van der Waals surface area contributed by atoms with Crippen molar-refractivity contribution in [3.63, 3.8) is 0 Å². The fourth-order valence-electron chi connectivity index (χ4n) is 3.02. The summed E-state index contributed by atoms with van der Waals surface area (Å²) in [6.07, 6.45) is 2.42. The Morgan fingerprint density at radius 1 is 1.24 bits per heavy atom. The third kappa shape index (κ3) is 3.14. The summed E-state index contributed by atoms with van der Waals surface area (Å²) in [6.45, 7) is 5.39. The maximum absolute atomic E-state index is 5.46. The third-order valence-corrected chi connectivity index (χ3v) is 5.65. The van der Waals surface area contributed by atoms with Crippen LogP contribution in [0.15, 0.2) is 30.3 Å². The first kappa shape index (κ1) is 14.6. The van der Waals surface area contributed by atoms with E-state index in [0.29, 0.717) is 12.0 Å². The number of aryl methyl sites for hydroxylation is 2. The van der Waals surface area contributed by atoms with Gasteiger partial charge in [-0.2, -0.15) is 0 Å². The molecule has 0 atom stereocenters. The van der Waals surface area contributed by atoms with E-state index in [1.54, 1.807) is 7.11 Å². The molecule has 0 unspecified atom stereocenters. The first-order valence-corrected chi connectivity index (χ1v) is 8.41. The number of hydrogen-bond acceptors (Lipinski definition) is 3. The molecule has 1 aromatic carbocycles. The summed E-state index contributed by atoms with van der Waals surface area (Å²) in [5, 5.41) is 3.68. The number of para-hydroxylation sites is 1. The molecule has 1 aliphatic carbocycles. The van der Waals surface area contributed by atoms with Gasteiger partial charge in [0.1, 0.15) is 5.75 Å². The summed E-state index contributed by atoms with van der Waals surface area (Å²) in [5.41, 5.74) is 2.78. The first-order chi connectivity index (χ1) is 10.2. The lowest BCUT2D eigenvalue weighted by Crippen LogP contribution is -2.39. The molecule has 0 spiro atoms. The van der Waals surface area contributed by atoms with Gasteiger partial charge < -0.3 is 10.1 Å². The van der Waals surface area contributed by atoms with Gasteiger partial charge in [0.25, 0.3) is 0 Å². The lowest BCUT2D eigenvalue weighted by Gasteiger charge is -2.37. The highest BCUT2D eigenvalue weighted by atomic mass is 32.1. The fraction of sp³-hybridized carbons (Fsp3) is 0.444. The van der Waals surface area contributed by atoms with Crippen molar-refractivity contribution < 1.29 is 4.74 Å². The van der Waals surface area contributed by atoms with E-state index in [2.05, 4.69) is 43.4 Å². The molecule has 1 N–H and O–H groups in total. The maximum Gasteiger partial charge on any atom is 0.122 e. The van der Waals surface area contributed by atoms with Crippen molar-refractivity contribution in [3.05, 3.63) is 51.2 Å². The van der Waals surface area contributed by atoms with Crippen LogP contribution in [0, 0.1) is 13.8 Å². The molecule has 2 nitrogen and oxygen atoms in total. The van der Waals surface area contributed by atoms with Gasteiger partial charge in [-0.3, -0.25) is 0 Å². The van der Waals surface area contributed by atoms with Crippen LogP contribution in [0.2, 0.25) is 0 Å². The quantitative estimate of drug-likeness (QED) is 0.883. The van der Waals surface area contributed by atoms with Crippen LogP contribution in [0.3, 0.4) is 0 Å². The molecular weight excluding hydrogens is 278 g/mol. The number of thiophene rings is 1. The molecule has 21 heavy (non-hydrogen) atoms. The highest BCUT2D eigenvalue weighted by molar-refractivity contribution is 7.12. The normalized spacial score (nSPS) is 21.1. The van der Waals surface area contributed by atoms with Crippen LogP contribution in [0.1, 0.15) is 39.6 Å². The Kier molecular flexibility index (Phi) is 4.32. The van der Waals surface area contributed by atoms with Gasteiger partial charge in [0.2, 0.25) is 0 Å². The minimum Gasteiger partial charge on any atom is -0.496 e. The Bertz CT molecular complexity index is 594. The fourth-order valence-corrected chi connectivity index (χ4v) is 4.03. The van der Waals surface area contributed by atoms with Crippen LogP contribution in [0.25, 0.3) is 0 Å². The number of rotatable bonds is 5. The lowest BCUT2D eigenvalue weighted by atomic mass is 9.75. The Morgan fingerprint density at radius 3 is 2.67 bits per heavy atom. The molecule has 3 rings (SSSR count). The van der Waals surface area contributed by atoms with Crippen molar-refractivity contribution >= 4 is 11.3 Å². The zero-order chi connectivity index (χ0) is 14.8. The van der Waals surface area contributed by atoms with Gasteiger partial charge in [-0.15, -0.1) is 11.3 Å². The molecule has 0 bridgehead atoms. The third-order valence-electron chi connectivity index (χ3n) is 4.50. The van der Waals surface area contributed by atoms with Gasteiger partial charge in [-0.25, -0.2) is 0 Å². The van der Waals surface area contributed by atoms with Gasteiger partial charge in [-0.05, 0) is 55.9 Å². The van der Waals surface area contributed by atoms with Crippen LogP contribution in [-0.2, 0) is 6.54 Å². The number of benzene rings is 1. The van der Waals surface area contributed by atoms with Crippen molar-refractivity contribution in [2.75, 3.05) is 7.11 Å². The number of methoxy groups -OCH3 is 1. The molecule has 0 aliphatic heterocycles. The summed E-state index contributed by atoms with van der Waals surface area (Å²) >= 11 is 1.91.